The SMILES string of the molecule is CN[C@H]1CSC(C(=O)O)[C@@H](Cc2ccc(O)cc2)NC(=O)C(CC(N)=O)NC(=O)C(C)NC(=O)C(CO)NC1=O. The number of likely N-dealkylation sites (N-methyl/N-ethyl adjacent to an activating group) is 1. The Morgan fingerprint density at radius 1 is 0.975 bits per heavy atom. The summed E-state index contributed by atoms with van der Waals surface area (Å²) in [6, 6.07) is -0.453. The lowest BCUT2D eigenvalue weighted by Gasteiger charge is -2.29. The average Bonchev–Trinajstić information content (AvgIpc) is 2.88. The van der Waals surface area contributed by atoms with Crippen molar-refractivity contribution in [2.24, 2.45) is 5.73 Å². The van der Waals surface area contributed by atoms with Gasteiger partial charge in [0.1, 0.15) is 29.1 Å². The Balaban J connectivity index is 2.51. The Kier molecular flexibility index (Phi) is 12.2. The molecule has 16 heteroatoms. The van der Waals surface area contributed by atoms with Gasteiger partial charge in [-0.1, -0.05) is 12.1 Å². The van der Waals surface area contributed by atoms with E-state index in [2.05, 4.69) is 26.6 Å². The molecule has 0 radical (unpaired) electrons. The van der Waals surface area contributed by atoms with Gasteiger partial charge in [0.2, 0.25) is 29.5 Å². The molecular weight excluding hydrogens is 548 g/mol. The molecule has 1 saturated heterocycles. The number of benzene rings is 1. The number of phenols is 1. The van der Waals surface area contributed by atoms with Crippen LogP contribution in [0.4, 0.5) is 0 Å². The van der Waals surface area contributed by atoms with Gasteiger partial charge in [0, 0.05) is 5.75 Å². The lowest BCUT2D eigenvalue weighted by Crippen LogP contribution is -2.60. The molecule has 1 aliphatic rings. The second kappa shape index (κ2) is 15.0. The number of carboxylic acid groups (broad SMARTS) is 1. The molecule has 15 nitrogen and oxygen atoms in total. The summed E-state index contributed by atoms with van der Waals surface area (Å²) in [6.45, 7) is 0.488. The lowest BCUT2D eigenvalue weighted by molar-refractivity contribution is -0.138. The molecule has 4 unspecified atom stereocenters. The highest BCUT2D eigenvalue weighted by Gasteiger charge is 2.36. The van der Waals surface area contributed by atoms with Crippen molar-refractivity contribution in [1.29, 1.82) is 0 Å². The summed E-state index contributed by atoms with van der Waals surface area (Å²) in [5.74, 6) is -5.75. The van der Waals surface area contributed by atoms with Gasteiger partial charge < -0.3 is 47.6 Å². The van der Waals surface area contributed by atoms with Crippen molar-refractivity contribution in [3.8, 4) is 5.75 Å². The number of primary amides is 1. The van der Waals surface area contributed by atoms with E-state index in [0.29, 0.717) is 5.56 Å². The fourth-order valence-corrected chi connectivity index (χ4v) is 5.06. The van der Waals surface area contributed by atoms with Gasteiger partial charge in [0.05, 0.1) is 25.1 Å². The molecule has 0 aromatic heterocycles. The molecule has 0 spiro atoms. The van der Waals surface area contributed by atoms with Gasteiger partial charge in [-0.3, -0.25) is 28.8 Å². The third-order valence-corrected chi connectivity index (χ3v) is 7.46. The summed E-state index contributed by atoms with van der Waals surface area (Å²) < 4.78 is 0. The van der Waals surface area contributed by atoms with E-state index in [1.165, 1.54) is 38.2 Å². The number of phenolic OH excluding ortho intramolecular Hbond substituents is 1. The topological polar surface area (TPSA) is 249 Å². The third-order valence-electron chi connectivity index (χ3n) is 6.04. The number of rotatable bonds is 7. The van der Waals surface area contributed by atoms with Crippen molar-refractivity contribution >= 4 is 47.3 Å². The molecule has 220 valence electrons. The van der Waals surface area contributed by atoms with Crippen LogP contribution in [0.25, 0.3) is 0 Å². The van der Waals surface area contributed by atoms with E-state index < -0.39 is 84.0 Å². The lowest BCUT2D eigenvalue weighted by atomic mass is 10.0. The number of carbonyl (C=O) groups excluding carboxylic acids is 5. The Morgan fingerprint density at radius 2 is 1.57 bits per heavy atom. The van der Waals surface area contributed by atoms with Crippen LogP contribution < -0.4 is 32.3 Å². The van der Waals surface area contributed by atoms with Gasteiger partial charge in [-0.2, -0.15) is 0 Å². The molecule has 1 aromatic rings. The van der Waals surface area contributed by atoms with E-state index in [1.54, 1.807) is 0 Å². The molecule has 1 aromatic carbocycles. The largest absolute Gasteiger partial charge is 0.508 e. The highest BCUT2D eigenvalue weighted by atomic mass is 32.2. The van der Waals surface area contributed by atoms with Crippen LogP contribution in [0.15, 0.2) is 24.3 Å². The number of hydrogen-bond donors (Lipinski definition) is 9. The Hall–Kier alpha value is -3.89. The Labute approximate surface area is 234 Å². The van der Waals surface area contributed by atoms with Crippen LogP contribution in [0.5, 0.6) is 5.75 Å². The molecule has 6 atom stereocenters. The molecule has 0 aliphatic carbocycles. The van der Waals surface area contributed by atoms with Gasteiger partial charge in [-0.15, -0.1) is 11.8 Å². The molecule has 1 heterocycles. The van der Waals surface area contributed by atoms with Crippen LogP contribution in [-0.4, -0.2) is 106 Å². The summed E-state index contributed by atoms with van der Waals surface area (Å²) in [5.41, 5.74) is 5.84. The maximum absolute atomic E-state index is 13.3. The second-order valence-electron chi connectivity index (χ2n) is 9.12. The standard InChI is InChI=1S/C24H34N6O9S/c1-11-20(34)29-15(8-18(25)33)21(35)28-14(7-12-3-5-13(32)6-4-12)19(24(38)39)40-10-17(26-2)23(37)30-16(9-31)22(36)27-11/h3-6,11,14-17,19,26,31-32H,7-10H2,1-2H3,(H2,25,33)(H,27,36)(H,28,35)(H,29,34)(H,30,37)(H,38,39)/t11?,14-,15?,16?,17+,19?/m1/s1. The molecule has 2 rings (SSSR count). The number of aliphatic hydroxyl groups is 1. The molecular formula is C24H34N6O9S. The molecule has 1 aliphatic heterocycles. The monoisotopic (exact) mass is 582 g/mol. The predicted molar refractivity (Wildman–Crippen MR) is 143 cm³/mol. The van der Waals surface area contributed by atoms with Crippen LogP contribution in [-0.2, 0) is 35.2 Å². The maximum Gasteiger partial charge on any atom is 0.318 e. The van der Waals surface area contributed by atoms with Crippen molar-refractivity contribution in [2.75, 3.05) is 19.4 Å². The van der Waals surface area contributed by atoms with E-state index in [0.717, 1.165) is 11.8 Å². The summed E-state index contributed by atoms with van der Waals surface area (Å²) >= 11 is 0.831. The quantitative estimate of drug-likeness (QED) is 0.153. The number of hydrogen-bond acceptors (Lipinski definition) is 10. The fraction of sp³-hybridized carbons (Fsp3) is 0.500. The van der Waals surface area contributed by atoms with Crippen LogP contribution >= 0.6 is 11.8 Å². The molecule has 40 heavy (non-hydrogen) atoms. The molecule has 0 saturated carbocycles. The number of carboxylic acids is 1. The van der Waals surface area contributed by atoms with Crippen molar-refractivity contribution in [2.45, 2.75) is 55.2 Å². The van der Waals surface area contributed by atoms with E-state index in [1.807, 2.05) is 0 Å². The van der Waals surface area contributed by atoms with E-state index in [4.69, 9.17) is 5.73 Å². The van der Waals surface area contributed by atoms with Gasteiger partial charge in [-0.05, 0) is 38.1 Å². The number of aromatic hydroxyl groups is 1. The van der Waals surface area contributed by atoms with Crippen LogP contribution in [0.2, 0.25) is 0 Å². The van der Waals surface area contributed by atoms with E-state index in [9.17, 15) is 44.1 Å². The first-order valence-corrected chi connectivity index (χ1v) is 13.3. The number of nitrogens with one attached hydrogen (secondary N) is 5. The summed E-state index contributed by atoms with van der Waals surface area (Å²) in [6.07, 6.45) is -0.644. The zero-order chi connectivity index (χ0) is 30.0. The summed E-state index contributed by atoms with van der Waals surface area (Å²) in [4.78, 5) is 75.6. The number of amides is 5. The average molecular weight is 583 g/mol. The van der Waals surface area contributed by atoms with Gasteiger partial charge in [0.25, 0.3) is 0 Å². The number of thioether (sulfide) groups is 1. The first-order chi connectivity index (χ1) is 18.9. The molecule has 10 N–H and O–H groups in total. The minimum Gasteiger partial charge on any atom is -0.508 e. The maximum atomic E-state index is 13.3. The van der Waals surface area contributed by atoms with Crippen molar-refractivity contribution in [3.05, 3.63) is 29.8 Å². The smallest absolute Gasteiger partial charge is 0.318 e. The Morgan fingerprint density at radius 3 is 2.12 bits per heavy atom. The number of aliphatic carboxylic acids is 1. The minimum atomic E-state index is -1.50. The normalized spacial score (nSPS) is 27.1. The predicted octanol–water partition coefficient (Wildman–Crippen LogP) is -3.45. The van der Waals surface area contributed by atoms with Crippen LogP contribution in [0.3, 0.4) is 0 Å². The third kappa shape index (κ3) is 9.39. The molecule has 5 amide bonds. The molecule has 0 bridgehead atoms. The second-order valence-corrected chi connectivity index (χ2v) is 10.3. The van der Waals surface area contributed by atoms with E-state index >= 15 is 0 Å². The van der Waals surface area contributed by atoms with Crippen molar-refractivity contribution in [3.63, 3.8) is 0 Å². The number of aliphatic hydroxyl groups excluding tert-OH is 1. The fourth-order valence-electron chi connectivity index (χ4n) is 3.81. The summed E-state index contributed by atoms with van der Waals surface area (Å²) in [7, 11) is 1.45. The Bertz CT molecular complexity index is 1100. The highest BCUT2D eigenvalue weighted by Crippen LogP contribution is 2.22. The van der Waals surface area contributed by atoms with Gasteiger partial charge in [-0.25, -0.2) is 0 Å². The zero-order valence-electron chi connectivity index (χ0n) is 21.9. The first-order valence-electron chi connectivity index (χ1n) is 12.3. The highest BCUT2D eigenvalue weighted by molar-refractivity contribution is 8.00. The van der Waals surface area contributed by atoms with Crippen LogP contribution in [0, 0.1) is 0 Å². The van der Waals surface area contributed by atoms with Gasteiger partial charge >= 0.3 is 5.97 Å². The number of nitrogens with two attached hydrogens (primary N) is 1. The van der Waals surface area contributed by atoms with E-state index in [-0.39, 0.29) is 17.9 Å². The minimum absolute atomic E-state index is 0.0237. The zero-order valence-corrected chi connectivity index (χ0v) is 22.7. The first kappa shape index (κ1) is 32.3. The molecule has 1 fully saturated rings. The van der Waals surface area contributed by atoms with Crippen molar-refractivity contribution < 1.29 is 44.1 Å². The van der Waals surface area contributed by atoms with Gasteiger partial charge in [0.15, 0.2) is 0 Å². The van der Waals surface area contributed by atoms with Crippen LogP contribution in [0.1, 0.15) is 18.9 Å². The number of carbonyl (C=O) groups is 6. The summed E-state index contributed by atoms with van der Waals surface area (Å²) in [5, 5.41) is 40.4. The van der Waals surface area contributed by atoms with Crippen molar-refractivity contribution in [1.82, 2.24) is 26.6 Å².